The molecule has 4 aromatic rings. The van der Waals surface area contributed by atoms with E-state index in [1.807, 2.05) is 54.6 Å². The first-order valence-corrected chi connectivity index (χ1v) is 8.51. The highest BCUT2D eigenvalue weighted by molar-refractivity contribution is 9.10. The van der Waals surface area contributed by atoms with Gasteiger partial charge in [-0.15, -0.1) is 0 Å². The van der Waals surface area contributed by atoms with E-state index in [1.165, 1.54) is 0 Å². The predicted molar refractivity (Wildman–Crippen MR) is 102 cm³/mol. The van der Waals surface area contributed by atoms with Crippen LogP contribution in [0.5, 0.6) is 0 Å². The second-order valence-electron chi connectivity index (χ2n) is 5.51. The molecule has 1 amide bonds. The van der Waals surface area contributed by atoms with E-state index in [0.717, 1.165) is 21.0 Å². The van der Waals surface area contributed by atoms with Gasteiger partial charge < -0.3 is 9.73 Å². The molecule has 25 heavy (non-hydrogen) atoms. The molecular weight excluding hydrogens is 380 g/mol. The molecule has 5 heteroatoms. The van der Waals surface area contributed by atoms with Crippen LogP contribution in [-0.2, 0) is 0 Å². The van der Waals surface area contributed by atoms with E-state index in [4.69, 9.17) is 4.42 Å². The molecule has 1 N–H and O–H groups in total. The van der Waals surface area contributed by atoms with Gasteiger partial charge in [0.2, 0.25) is 0 Å². The Hall–Kier alpha value is -2.92. The number of amides is 1. The van der Waals surface area contributed by atoms with Crippen LogP contribution in [0.25, 0.3) is 22.3 Å². The van der Waals surface area contributed by atoms with Crippen molar-refractivity contribution in [2.45, 2.75) is 0 Å². The van der Waals surface area contributed by atoms with E-state index >= 15 is 0 Å². The molecule has 2 heterocycles. The quantitative estimate of drug-likeness (QED) is 0.499. The van der Waals surface area contributed by atoms with Crippen molar-refractivity contribution < 1.29 is 9.21 Å². The molecule has 0 bridgehead atoms. The van der Waals surface area contributed by atoms with Gasteiger partial charge in [-0.3, -0.25) is 4.79 Å². The SMILES string of the molecule is O=C(Nc1ccccc1-c1cc2ccccc2o1)c1ccc(Br)cn1. The van der Waals surface area contributed by atoms with Crippen LogP contribution >= 0.6 is 15.9 Å². The normalized spacial score (nSPS) is 10.8. The van der Waals surface area contributed by atoms with Gasteiger partial charge >= 0.3 is 0 Å². The van der Waals surface area contributed by atoms with Crippen LogP contribution in [0.1, 0.15) is 10.5 Å². The van der Waals surface area contributed by atoms with Crippen LogP contribution < -0.4 is 5.32 Å². The molecular formula is C20H13BrN2O2. The minimum atomic E-state index is -0.268. The van der Waals surface area contributed by atoms with Crippen molar-refractivity contribution in [1.82, 2.24) is 4.98 Å². The maximum Gasteiger partial charge on any atom is 0.274 e. The summed E-state index contributed by atoms with van der Waals surface area (Å²) < 4.78 is 6.75. The van der Waals surface area contributed by atoms with Gasteiger partial charge in [0.1, 0.15) is 17.0 Å². The molecule has 4 nitrogen and oxygen atoms in total. The fourth-order valence-corrected chi connectivity index (χ4v) is 2.85. The first-order chi connectivity index (χ1) is 12.2. The number of halogens is 1. The second-order valence-corrected chi connectivity index (χ2v) is 6.43. The average molecular weight is 393 g/mol. The number of para-hydroxylation sites is 2. The van der Waals surface area contributed by atoms with E-state index < -0.39 is 0 Å². The van der Waals surface area contributed by atoms with Gasteiger partial charge in [-0.1, -0.05) is 30.3 Å². The van der Waals surface area contributed by atoms with Gasteiger partial charge in [-0.25, -0.2) is 4.98 Å². The zero-order valence-electron chi connectivity index (χ0n) is 13.1. The molecule has 0 unspecified atom stereocenters. The first-order valence-electron chi connectivity index (χ1n) is 7.71. The Morgan fingerprint density at radius 2 is 1.80 bits per heavy atom. The number of hydrogen-bond donors (Lipinski definition) is 1. The first kappa shape index (κ1) is 15.6. The summed E-state index contributed by atoms with van der Waals surface area (Å²) >= 11 is 3.31. The molecule has 4 rings (SSSR count). The Morgan fingerprint density at radius 1 is 1.00 bits per heavy atom. The summed E-state index contributed by atoms with van der Waals surface area (Å²) in [5, 5.41) is 3.93. The number of benzene rings is 2. The van der Waals surface area contributed by atoms with Crippen LogP contribution in [-0.4, -0.2) is 10.9 Å². The number of furan rings is 1. The van der Waals surface area contributed by atoms with E-state index in [2.05, 4.69) is 26.2 Å². The molecule has 122 valence electrons. The molecule has 0 fully saturated rings. The number of rotatable bonds is 3. The summed E-state index contributed by atoms with van der Waals surface area (Å²) in [6.07, 6.45) is 1.60. The third-order valence-electron chi connectivity index (χ3n) is 3.83. The van der Waals surface area contributed by atoms with Gasteiger partial charge in [-0.2, -0.15) is 0 Å². The third kappa shape index (κ3) is 3.19. The van der Waals surface area contributed by atoms with Crippen LogP contribution in [0.2, 0.25) is 0 Å². The number of aromatic nitrogens is 1. The van der Waals surface area contributed by atoms with Crippen molar-refractivity contribution in [2.24, 2.45) is 0 Å². The van der Waals surface area contributed by atoms with Gasteiger partial charge in [-0.05, 0) is 52.3 Å². The van der Waals surface area contributed by atoms with E-state index in [0.29, 0.717) is 17.1 Å². The summed E-state index contributed by atoms with van der Waals surface area (Å²) in [4.78, 5) is 16.6. The number of nitrogens with zero attached hydrogens (tertiary/aromatic N) is 1. The maximum atomic E-state index is 12.5. The highest BCUT2D eigenvalue weighted by Gasteiger charge is 2.14. The van der Waals surface area contributed by atoms with E-state index in [9.17, 15) is 4.79 Å². The molecule has 0 saturated heterocycles. The number of anilines is 1. The fraction of sp³-hybridized carbons (Fsp3) is 0. The lowest BCUT2D eigenvalue weighted by Crippen LogP contribution is -2.14. The van der Waals surface area contributed by atoms with E-state index in [-0.39, 0.29) is 5.91 Å². The minimum absolute atomic E-state index is 0.268. The number of pyridine rings is 1. The Balaban J connectivity index is 1.69. The van der Waals surface area contributed by atoms with Crippen LogP contribution in [0.3, 0.4) is 0 Å². The monoisotopic (exact) mass is 392 g/mol. The molecule has 0 atom stereocenters. The fourth-order valence-electron chi connectivity index (χ4n) is 2.62. The average Bonchev–Trinajstić information content (AvgIpc) is 3.06. The number of carbonyl (C=O) groups is 1. The highest BCUT2D eigenvalue weighted by Crippen LogP contribution is 2.32. The summed E-state index contributed by atoms with van der Waals surface area (Å²) in [5.41, 5.74) is 2.66. The van der Waals surface area contributed by atoms with Crippen molar-refractivity contribution in [3.8, 4) is 11.3 Å². The van der Waals surface area contributed by atoms with Gasteiger partial charge in [0.25, 0.3) is 5.91 Å². The zero-order chi connectivity index (χ0) is 17.2. The standard InChI is InChI=1S/C20H13BrN2O2/c21-14-9-10-17(22-12-14)20(24)23-16-7-3-2-6-15(16)19-11-13-5-1-4-8-18(13)25-19/h1-12H,(H,23,24). The van der Waals surface area contributed by atoms with Crippen molar-refractivity contribution in [3.63, 3.8) is 0 Å². The lowest BCUT2D eigenvalue weighted by Gasteiger charge is -2.09. The highest BCUT2D eigenvalue weighted by atomic mass is 79.9. The maximum absolute atomic E-state index is 12.5. The number of nitrogens with one attached hydrogen (secondary N) is 1. The molecule has 2 aromatic heterocycles. The molecule has 0 aliphatic heterocycles. The summed E-state index contributed by atoms with van der Waals surface area (Å²) in [5.74, 6) is 0.442. The van der Waals surface area contributed by atoms with Crippen molar-refractivity contribution in [3.05, 3.63) is 83.1 Å². The Morgan fingerprint density at radius 3 is 2.60 bits per heavy atom. The van der Waals surface area contributed by atoms with Crippen LogP contribution in [0.15, 0.2) is 81.8 Å². The summed E-state index contributed by atoms with van der Waals surface area (Å²) in [6.45, 7) is 0. The van der Waals surface area contributed by atoms with Crippen LogP contribution in [0, 0.1) is 0 Å². The lowest BCUT2D eigenvalue weighted by atomic mass is 10.1. The van der Waals surface area contributed by atoms with Gasteiger partial charge in [0.15, 0.2) is 0 Å². The Labute approximate surface area is 152 Å². The number of hydrogen-bond acceptors (Lipinski definition) is 3. The Kier molecular flexibility index (Phi) is 4.07. The lowest BCUT2D eigenvalue weighted by molar-refractivity contribution is 0.102. The topological polar surface area (TPSA) is 55.1 Å². The van der Waals surface area contributed by atoms with Gasteiger partial charge in [0, 0.05) is 21.6 Å². The number of carbonyl (C=O) groups excluding carboxylic acids is 1. The number of fused-ring (bicyclic) bond motifs is 1. The van der Waals surface area contributed by atoms with Crippen molar-refractivity contribution >= 4 is 38.5 Å². The molecule has 0 aliphatic carbocycles. The van der Waals surface area contributed by atoms with E-state index in [1.54, 1.807) is 18.3 Å². The molecule has 0 spiro atoms. The van der Waals surface area contributed by atoms with Gasteiger partial charge in [0.05, 0.1) is 5.69 Å². The molecule has 0 saturated carbocycles. The minimum Gasteiger partial charge on any atom is -0.456 e. The second kappa shape index (κ2) is 6.53. The van der Waals surface area contributed by atoms with Crippen LogP contribution in [0.4, 0.5) is 5.69 Å². The summed E-state index contributed by atoms with van der Waals surface area (Å²) in [6, 6.07) is 20.8. The predicted octanol–water partition coefficient (Wildman–Crippen LogP) is 5.51. The molecule has 2 aromatic carbocycles. The Bertz CT molecular complexity index is 1020. The molecule has 0 aliphatic rings. The van der Waals surface area contributed by atoms with Crippen molar-refractivity contribution in [1.29, 1.82) is 0 Å². The molecule has 0 radical (unpaired) electrons. The smallest absolute Gasteiger partial charge is 0.274 e. The largest absolute Gasteiger partial charge is 0.456 e. The summed E-state index contributed by atoms with van der Waals surface area (Å²) in [7, 11) is 0. The third-order valence-corrected chi connectivity index (χ3v) is 4.30. The zero-order valence-corrected chi connectivity index (χ0v) is 14.7. The van der Waals surface area contributed by atoms with Crippen molar-refractivity contribution in [2.75, 3.05) is 5.32 Å².